The average Bonchev–Trinajstić information content (AvgIpc) is 2.79. The van der Waals surface area contributed by atoms with E-state index in [4.69, 9.17) is 9.72 Å². The molecule has 1 amide bonds. The standard InChI is InChI=1S/C23H23FN4O2/c1-16-26-14-18(17-9-11-25-12-10-17)23(27-16)20-7-4-5-13-28(20)22(29)15-30-21-8-3-2-6-19(21)24/h2-3,6,8-12,14,20H,4-5,7,13,15H2,1H3. The van der Waals surface area contributed by atoms with Crippen LogP contribution in [0.4, 0.5) is 4.39 Å². The second-order valence-electron chi connectivity index (χ2n) is 7.27. The van der Waals surface area contributed by atoms with Gasteiger partial charge >= 0.3 is 0 Å². The monoisotopic (exact) mass is 406 g/mol. The predicted molar refractivity (Wildman–Crippen MR) is 110 cm³/mol. The van der Waals surface area contributed by atoms with Crippen molar-refractivity contribution in [3.05, 3.63) is 72.3 Å². The van der Waals surface area contributed by atoms with Crippen LogP contribution in [0.2, 0.25) is 0 Å². The van der Waals surface area contributed by atoms with Gasteiger partial charge in [0.2, 0.25) is 0 Å². The van der Waals surface area contributed by atoms with E-state index in [0.717, 1.165) is 36.1 Å². The first-order valence-corrected chi connectivity index (χ1v) is 10.0. The van der Waals surface area contributed by atoms with Crippen LogP contribution >= 0.6 is 0 Å². The number of ether oxygens (including phenoxy) is 1. The fourth-order valence-electron chi connectivity index (χ4n) is 3.79. The molecule has 0 bridgehead atoms. The number of amides is 1. The van der Waals surface area contributed by atoms with Gasteiger partial charge in [-0.25, -0.2) is 14.4 Å². The number of nitrogens with zero attached hydrogens (tertiary/aromatic N) is 4. The Morgan fingerprint density at radius 3 is 2.80 bits per heavy atom. The second-order valence-corrected chi connectivity index (χ2v) is 7.27. The summed E-state index contributed by atoms with van der Waals surface area (Å²) in [5, 5.41) is 0. The first-order valence-electron chi connectivity index (χ1n) is 10.0. The molecule has 30 heavy (non-hydrogen) atoms. The molecule has 154 valence electrons. The van der Waals surface area contributed by atoms with Crippen molar-refractivity contribution in [3.63, 3.8) is 0 Å². The average molecular weight is 406 g/mol. The molecule has 1 aromatic carbocycles. The molecular formula is C23H23FN4O2. The van der Waals surface area contributed by atoms with E-state index in [-0.39, 0.29) is 24.3 Å². The normalized spacial score (nSPS) is 16.3. The number of likely N-dealkylation sites (tertiary alicyclic amines) is 1. The van der Waals surface area contributed by atoms with Gasteiger partial charge in [0.15, 0.2) is 18.2 Å². The molecule has 7 heteroatoms. The Morgan fingerprint density at radius 2 is 2.00 bits per heavy atom. The van der Waals surface area contributed by atoms with Crippen LogP contribution in [-0.2, 0) is 4.79 Å². The summed E-state index contributed by atoms with van der Waals surface area (Å²) in [6.45, 7) is 2.24. The highest BCUT2D eigenvalue weighted by Gasteiger charge is 2.31. The number of para-hydroxylation sites is 1. The zero-order chi connectivity index (χ0) is 20.9. The number of pyridine rings is 1. The van der Waals surface area contributed by atoms with Crippen LogP contribution in [0.5, 0.6) is 5.75 Å². The van der Waals surface area contributed by atoms with Crippen LogP contribution in [0.3, 0.4) is 0 Å². The van der Waals surface area contributed by atoms with E-state index in [0.29, 0.717) is 12.4 Å². The summed E-state index contributed by atoms with van der Waals surface area (Å²) in [7, 11) is 0. The molecule has 1 aliphatic rings. The van der Waals surface area contributed by atoms with Crippen molar-refractivity contribution in [2.75, 3.05) is 13.2 Å². The van der Waals surface area contributed by atoms with E-state index >= 15 is 0 Å². The van der Waals surface area contributed by atoms with Gasteiger partial charge in [0.1, 0.15) is 5.82 Å². The lowest BCUT2D eigenvalue weighted by molar-refractivity contribution is -0.137. The highest BCUT2D eigenvalue weighted by atomic mass is 19.1. The maximum absolute atomic E-state index is 13.8. The zero-order valence-corrected chi connectivity index (χ0v) is 16.8. The molecule has 1 fully saturated rings. The number of halogens is 1. The lowest BCUT2D eigenvalue weighted by atomic mass is 9.94. The van der Waals surface area contributed by atoms with Gasteiger partial charge in [0, 0.05) is 30.7 Å². The lowest BCUT2D eigenvalue weighted by Crippen LogP contribution is -2.41. The molecule has 0 aliphatic carbocycles. The first-order chi connectivity index (χ1) is 14.6. The van der Waals surface area contributed by atoms with Gasteiger partial charge in [0.05, 0.1) is 11.7 Å². The fraction of sp³-hybridized carbons (Fsp3) is 0.304. The van der Waals surface area contributed by atoms with Crippen molar-refractivity contribution >= 4 is 5.91 Å². The van der Waals surface area contributed by atoms with Crippen LogP contribution < -0.4 is 4.74 Å². The Bertz CT molecular complexity index is 1030. The van der Waals surface area contributed by atoms with E-state index in [2.05, 4.69) is 9.97 Å². The molecule has 1 aliphatic heterocycles. The molecule has 3 heterocycles. The van der Waals surface area contributed by atoms with Crippen LogP contribution in [0.15, 0.2) is 55.0 Å². The highest BCUT2D eigenvalue weighted by Crippen LogP contribution is 2.35. The van der Waals surface area contributed by atoms with Gasteiger partial charge in [-0.1, -0.05) is 12.1 Å². The van der Waals surface area contributed by atoms with Gasteiger partial charge < -0.3 is 9.64 Å². The number of rotatable bonds is 5. The lowest BCUT2D eigenvalue weighted by Gasteiger charge is -2.36. The predicted octanol–water partition coefficient (Wildman–Crippen LogP) is 4.12. The molecule has 0 radical (unpaired) electrons. The number of hydrogen-bond donors (Lipinski definition) is 0. The van der Waals surface area contributed by atoms with Gasteiger partial charge in [0.25, 0.3) is 5.91 Å². The molecule has 0 N–H and O–H groups in total. The zero-order valence-electron chi connectivity index (χ0n) is 16.8. The minimum atomic E-state index is -0.480. The van der Waals surface area contributed by atoms with Crippen molar-refractivity contribution in [2.24, 2.45) is 0 Å². The summed E-state index contributed by atoms with van der Waals surface area (Å²) >= 11 is 0. The Labute approximate surface area is 174 Å². The third-order valence-corrected chi connectivity index (χ3v) is 5.26. The van der Waals surface area contributed by atoms with Crippen LogP contribution in [0.25, 0.3) is 11.1 Å². The fourth-order valence-corrected chi connectivity index (χ4v) is 3.79. The number of aryl methyl sites for hydroxylation is 1. The van der Waals surface area contributed by atoms with Gasteiger partial charge in [-0.05, 0) is 56.0 Å². The Balaban J connectivity index is 1.60. The van der Waals surface area contributed by atoms with Crippen molar-refractivity contribution in [1.29, 1.82) is 0 Å². The van der Waals surface area contributed by atoms with E-state index in [1.54, 1.807) is 35.6 Å². The number of aromatic nitrogens is 3. The second kappa shape index (κ2) is 8.98. The quantitative estimate of drug-likeness (QED) is 0.638. The summed E-state index contributed by atoms with van der Waals surface area (Å²) in [4.78, 5) is 28.0. The Hall–Kier alpha value is -3.35. The maximum atomic E-state index is 13.8. The van der Waals surface area contributed by atoms with Crippen molar-refractivity contribution in [2.45, 2.75) is 32.2 Å². The molecule has 4 rings (SSSR count). The van der Waals surface area contributed by atoms with Crippen LogP contribution in [0.1, 0.15) is 36.8 Å². The number of carbonyl (C=O) groups excluding carboxylic acids is 1. The minimum absolute atomic E-state index is 0.0785. The number of carbonyl (C=O) groups is 1. The third-order valence-electron chi connectivity index (χ3n) is 5.26. The topological polar surface area (TPSA) is 68.2 Å². The third kappa shape index (κ3) is 4.30. The molecule has 0 saturated carbocycles. The smallest absolute Gasteiger partial charge is 0.261 e. The summed E-state index contributed by atoms with van der Waals surface area (Å²) in [6, 6.07) is 9.74. The van der Waals surface area contributed by atoms with Crippen molar-refractivity contribution < 1.29 is 13.9 Å². The number of hydrogen-bond acceptors (Lipinski definition) is 5. The Kier molecular flexibility index (Phi) is 5.97. The molecule has 3 aromatic rings. The minimum Gasteiger partial charge on any atom is -0.481 e. The van der Waals surface area contributed by atoms with E-state index in [1.165, 1.54) is 12.1 Å². The molecule has 6 nitrogen and oxygen atoms in total. The van der Waals surface area contributed by atoms with E-state index < -0.39 is 5.82 Å². The molecule has 0 spiro atoms. The summed E-state index contributed by atoms with van der Waals surface area (Å²) < 4.78 is 19.3. The maximum Gasteiger partial charge on any atom is 0.261 e. The first kappa shape index (κ1) is 19.9. The number of benzene rings is 1. The molecule has 2 aromatic heterocycles. The Morgan fingerprint density at radius 1 is 1.20 bits per heavy atom. The SMILES string of the molecule is Cc1ncc(-c2ccncc2)c(C2CCCCN2C(=O)COc2ccccc2F)n1. The highest BCUT2D eigenvalue weighted by molar-refractivity contribution is 5.79. The van der Waals surface area contributed by atoms with Crippen LogP contribution in [0, 0.1) is 12.7 Å². The summed E-state index contributed by atoms with van der Waals surface area (Å²) in [5.74, 6) is 0.0740. The molecule has 1 saturated heterocycles. The van der Waals surface area contributed by atoms with Crippen LogP contribution in [-0.4, -0.2) is 38.9 Å². The largest absolute Gasteiger partial charge is 0.481 e. The summed E-state index contributed by atoms with van der Waals surface area (Å²) in [5.41, 5.74) is 2.68. The van der Waals surface area contributed by atoms with Gasteiger partial charge in [-0.15, -0.1) is 0 Å². The van der Waals surface area contributed by atoms with Gasteiger partial charge in [-0.2, -0.15) is 0 Å². The molecule has 1 atom stereocenters. The van der Waals surface area contributed by atoms with Crippen molar-refractivity contribution in [1.82, 2.24) is 19.9 Å². The van der Waals surface area contributed by atoms with E-state index in [9.17, 15) is 9.18 Å². The van der Waals surface area contributed by atoms with E-state index in [1.807, 2.05) is 19.1 Å². The summed E-state index contributed by atoms with van der Waals surface area (Å²) in [6.07, 6.45) is 7.98. The van der Waals surface area contributed by atoms with Gasteiger partial charge in [-0.3, -0.25) is 9.78 Å². The molecule has 1 unspecified atom stereocenters. The number of piperidine rings is 1. The molecular weight excluding hydrogens is 383 g/mol. The van der Waals surface area contributed by atoms with Crippen molar-refractivity contribution in [3.8, 4) is 16.9 Å².